The molecule has 3 N–H and O–H groups in total. The van der Waals surface area contributed by atoms with E-state index in [1.54, 1.807) is 0 Å². The lowest BCUT2D eigenvalue weighted by Crippen LogP contribution is -2.29. The molecule has 4 heterocycles. The van der Waals surface area contributed by atoms with E-state index in [9.17, 15) is 9.59 Å². The minimum Gasteiger partial charge on any atom is -0.369 e. The van der Waals surface area contributed by atoms with Gasteiger partial charge >= 0.3 is 5.69 Å². The van der Waals surface area contributed by atoms with E-state index in [4.69, 9.17) is 0 Å². The molecule has 0 bridgehead atoms. The van der Waals surface area contributed by atoms with Crippen molar-refractivity contribution in [1.82, 2.24) is 25.5 Å². The van der Waals surface area contributed by atoms with Crippen molar-refractivity contribution in [1.29, 1.82) is 0 Å². The Morgan fingerprint density at radius 3 is 2.88 bits per heavy atom. The monoisotopic (exact) mass is 328 g/mol. The van der Waals surface area contributed by atoms with Crippen LogP contribution in [-0.2, 0) is 0 Å². The zero-order valence-corrected chi connectivity index (χ0v) is 13.6. The first-order valence-electron chi connectivity index (χ1n) is 8.19. The lowest BCUT2D eigenvalue weighted by molar-refractivity contribution is 0.369. The Labute approximate surface area is 138 Å². The Morgan fingerprint density at radius 2 is 2.12 bits per heavy atom. The summed E-state index contributed by atoms with van der Waals surface area (Å²) < 4.78 is 0. The number of anilines is 1. The van der Waals surface area contributed by atoms with Crippen molar-refractivity contribution in [2.45, 2.75) is 19.8 Å². The highest BCUT2D eigenvalue weighted by molar-refractivity contribution is 5.64. The molecule has 0 aromatic carbocycles. The van der Waals surface area contributed by atoms with E-state index >= 15 is 0 Å². The summed E-state index contributed by atoms with van der Waals surface area (Å²) in [5, 5.41) is 11.8. The Bertz CT molecular complexity index is 881. The summed E-state index contributed by atoms with van der Waals surface area (Å²) >= 11 is 0. The second-order valence-electron chi connectivity index (χ2n) is 6.78. The highest BCUT2D eigenvalue weighted by atomic mass is 16.2. The van der Waals surface area contributed by atoms with Crippen LogP contribution in [0.25, 0.3) is 11.3 Å². The molecule has 0 saturated carbocycles. The zero-order valence-electron chi connectivity index (χ0n) is 13.6. The van der Waals surface area contributed by atoms with Crippen LogP contribution in [0.4, 0.5) is 5.69 Å². The van der Waals surface area contributed by atoms with E-state index < -0.39 is 11.2 Å². The summed E-state index contributed by atoms with van der Waals surface area (Å²) in [6.07, 6.45) is 3.75. The summed E-state index contributed by atoms with van der Waals surface area (Å²) in [6, 6.07) is 1.90. The van der Waals surface area contributed by atoms with Gasteiger partial charge in [0.2, 0.25) is 0 Å². The van der Waals surface area contributed by atoms with Crippen LogP contribution in [0.2, 0.25) is 0 Å². The quantitative estimate of drug-likeness (QED) is 0.717. The Balaban J connectivity index is 1.69. The number of hydrogen-bond acceptors (Lipinski definition) is 6. The topological polar surface area (TPSA) is 107 Å². The van der Waals surface area contributed by atoms with Gasteiger partial charge in [0.1, 0.15) is 5.69 Å². The summed E-state index contributed by atoms with van der Waals surface area (Å²) in [5.41, 5.74) is 2.01. The van der Waals surface area contributed by atoms with Crippen molar-refractivity contribution in [3.63, 3.8) is 0 Å². The predicted octanol–water partition coefficient (Wildman–Crippen LogP) is 0.0184. The number of aromatic amines is 2. The maximum absolute atomic E-state index is 12.0. The second kappa shape index (κ2) is 5.55. The molecular weight excluding hydrogens is 308 g/mol. The van der Waals surface area contributed by atoms with Crippen LogP contribution < -0.4 is 21.5 Å². The van der Waals surface area contributed by atoms with Crippen molar-refractivity contribution in [3.05, 3.63) is 38.8 Å². The SMILES string of the molecule is Cc1nnc(-c2c[nH]c(=O)[nH]c2=O)cc1N1CCC2(CCNC2)C1. The fourth-order valence-electron chi connectivity index (χ4n) is 3.78. The van der Waals surface area contributed by atoms with E-state index in [2.05, 4.69) is 30.4 Å². The lowest BCUT2D eigenvalue weighted by atomic mass is 9.86. The highest BCUT2D eigenvalue weighted by Crippen LogP contribution is 2.39. The minimum atomic E-state index is -0.528. The first-order chi connectivity index (χ1) is 11.6. The van der Waals surface area contributed by atoms with Crippen molar-refractivity contribution in [2.24, 2.45) is 5.41 Å². The molecule has 8 nitrogen and oxygen atoms in total. The van der Waals surface area contributed by atoms with Gasteiger partial charge < -0.3 is 15.2 Å². The number of aromatic nitrogens is 4. The average molecular weight is 328 g/mol. The van der Waals surface area contributed by atoms with Crippen LogP contribution >= 0.6 is 0 Å². The Kier molecular flexibility index (Phi) is 3.49. The van der Waals surface area contributed by atoms with Gasteiger partial charge in [-0.15, -0.1) is 5.10 Å². The number of nitrogens with one attached hydrogen (secondary N) is 3. The first kappa shape index (κ1) is 15.1. The van der Waals surface area contributed by atoms with Crippen molar-refractivity contribution >= 4 is 5.69 Å². The van der Waals surface area contributed by atoms with E-state index in [0.29, 0.717) is 16.7 Å². The smallest absolute Gasteiger partial charge is 0.325 e. The van der Waals surface area contributed by atoms with Crippen LogP contribution in [-0.4, -0.2) is 46.3 Å². The maximum Gasteiger partial charge on any atom is 0.325 e. The average Bonchev–Trinajstić information content (AvgIpc) is 3.19. The van der Waals surface area contributed by atoms with Gasteiger partial charge in [0, 0.05) is 31.2 Å². The normalized spacial score (nSPS) is 23.3. The molecule has 0 radical (unpaired) electrons. The first-order valence-corrected chi connectivity index (χ1v) is 8.19. The standard InChI is InChI=1S/C16H20N6O2/c1-10-13(22-5-3-16(9-22)2-4-17-8-16)6-12(21-20-10)11-7-18-15(24)19-14(11)23/h6-7,17H,2-5,8-9H2,1H3,(H2,18,19,23,24). The maximum atomic E-state index is 12.0. The van der Waals surface area contributed by atoms with Gasteiger partial charge in [0.15, 0.2) is 0 Å². The molecule has 2 aliphatic rings. The summed E-state index contributed by atoms with van der Waals surface area (Å²) in [7, 11) is 0. The molecule has 2 fully saturated rings. The van der Waals surface area contributed by atoms with Crippen LogP contribution in [0.15, 0.2) is 21.9 Å². The third-order valence-corrected chi connectivity index (χ3v) is 5.16. The van der Waals surface area contributed by atoms with Gasteiger partial charge in [-0.25, -0.2) is 4.79 Å². The van der Waals surface area contributed by atoms with Gasteiger partial charge in [0.05, 0.1) is 16.9 Å². The third kappa shape index (κ3) is 2.52. The van der Waals surface area contributed by atoms with E-state index in [1.165, 1.54) is 12.6 Å². The third-order valence-electron chi connectivity index (χ3n) is 5.16. The molecule has 1 atom stereocenters. The van der Waals surface area contributed by atoms with Crippen LogP contribution in [0.5, 0.6) is 0 Å². The zero-order chi connectivity index (χ0) is 16.7. The van der Waals surface area contributed by atoms with Gasteiger partial charge in [0.25, 0.3) is 5.56 Å². The second-order valence-corrected chi connectivity index (χ2v) is 6.78. The van der Waals surface area contributed by atoms with Gasteiger partial charge in [-0.2, -0.15) is 5.10 Å². The number of H-pyrrole nitrogens is 2. The highest BCUT2D eigenvalue weighted by Gasteiger charge is 2.40. The molecule has 4 rings (SSSR count). The molecule has 24 heavy (non-hydrogen) atoms. The fourth-order valence-corrected chi connectivity index (χ4v) is 3.78. The molecule has 1 spiro atoms. The van der Waals surface area contributed by atoms with E-state index in [0.717, 1.165) is 44.0 Å². The van der Waals surface area contributed by atoms with Gasteiger partial charge in [-0.05, 0) is 32.4 Å². The van der Waals surface area contributed by atoms with Crippen LogP contribution in [0, 0.1) is 12.3 Å². The van der Waals surface area contributed by atoms with Crippen LogP contribution in [0.1, 0.15) is 18.5 Å². The number of nitrogens with zero attached hydrogens (tertiary/aromatic N) is 3. The molecular formula is C16H20N6O2. The Morgan fingerprint density at radius 1 is 1.25 bits per heavy atom. The van der Waals surface area contributed by atoms with Gasteiger partial charge in [-0.3, -0.25) is 9.78 Å². The number of hydrogen-bond donors (Lipinski definition) is 3. The summed E-state index contributed by atoms with van der Waals surface area (Å²) in [5.74, 6) is 0. The van der Waals surface area contributed by atoms with E-state index in [-0.39, 0.29) is 0 Å². The lowest BCUT2D eigenvalue weighted by Gasteiger charge is -2.25. The molecule has 0 amide bonds. The van der Waals surface area contributed by atoms with Crippen LogP contribution in [0.3, 0.4) is 0 Å². The molecule has 2 aromatic rings. The molecule has 0 aliphatic carbocycles. The van der Waals surface area contributed by atoms with Crippen molar-refractivity contribution in [3.8, 4) is 11.3 Å². The van der Waals surface area contributed by atoms with E-state index in [1.807, 2.05) is 13.0 Å². The largest absolute Gasteiger partial charge is 0.369 e. The number of rotatable bonds is 2. The minimum absolute atomic E-state index is 0.319. The molecule has 126 valence electrons. The van der Waals surface area contributed by atoms with Crippen molar-refractivity contribution in [2.75, 3.05) is 31.1 Å². The van der Waals surface area contributed by atoms with Gasteiger partial charge in [-0.1, -0.05) is 0 Å². The van der Waals surface area contributed by atoms with Crippen molar-refractivity contribution < 1.29 is 0 Å². The molecule has 2 saturated heterocycles. The molecule has 2 aromatic heterocycles. The molecule has 8 heteroatoms. The molecule has 1 unspecified atom stereocenters. The number of aryl methyl sites for hydroxylation is 1. The fraction of sp³-hybridized carbons (Fsp3) is 0.500. The predicted molar refractivity (Wildman–Crippen MR) is 90.2 cm³/mol. The molecule has 2 aliphatic heterocycles. The summed E-state index contributed by atoms with van der Waals surface area (Å²) in [6.45, 7) is 6.05. The summed E-state index contributed by atoms with van der Waals surface area (Å²) in [4.78, 5) is 30.2. The Hall–Kier alpha value is -2.48.